The molecule has 82 valence electrons. The molecule has 1 aliphatic rings. The number of nitrogens with zero attached hydrogens (tertiary/aromatic N) is 2. The molecule has 1 fully saturated rings. The van der Waals surface area contributed by atoms with E-state index >= 15 is 0 Å². The summed E-state index contributed by atoms with van der Waals surface area (Å²) in [5.41, 5.74) is 0. The van der Waals surface area contributed by atoms with Gasteiger partial charge in [0.15, 0.2) is 5.82 Å². The van der Waals surface area contributed by atoms with Crippen molar-refractivity contribution in [3.8, 4) is 0 Å². The van der Waals surface area contributed by atoms with Gasteiger partial charge in [-0.2, -0.15) is 0 Å². The molecule has 0 radical (unpaired) electrons. The van der Waals surface area contributed by atoms with Gasteiger partial charge >= 0.3 is 0 Å². The van der Waals surface area contributed by atoms with Crippen LogP contribution in [0.2, 0.25) is 10.3 Å². The van der Waals surface area contributed by atoms with E-state index in [4.69, 9.17) is 27.9 Å². The zero-order chi connectivity index (χ0) is 11.0. The van der Waals surface area contributed by atoms with E-state index in [0.717, 1.165) is 12.8 Å². The normalized spacial score (nSPS) is 17.9. The van der Waals surface area contributed by atoms with Crippen molar-refractivity contribution in [3.63, 3.8) is 0 Å². The van der Waals surface area contributed by atoms with Gasteiger partial charge in [0, 0.05) is 7.11 Å². The summed E-state index contributed by atoms with van der Waals surface area (Å²) in [6.45, 7) is 0. The minimum Gasteiger partial charge on any atom is -0.373 e. The first kappa shape index (κ1) is 11.6. The lowest BCUT2D eigenvalue weighted by molar-refractivity contribution is 0.0772. The molecule has 0 aromatic carbocycles. The van der Waals surface area contributed by atoms with E-state index in [9.17, 15) is 0 Å². The Balaban J connectivity index is 2.34. The Hall–Kier alpha value is 0.1000. The lowest BCUT2D eigenvalue weighted by Crippen LogP contribution is -2.09. The van der Waals surface area contributed by atoms with Gasteiger partial charge in [0.2, 0.25) is 0 Å². The monoisotopic (exact) mass is 310 g/mol. The van der Waals surface area contributed by atoms with Gasteiger partial charge in [-0.05, 0) is 34.7 Å². The van der Waals surface area contributed by atoms with Crippen LogP contribution in [0, 0.1) is 5.92 Å². The molecule has 0 amide bonds. The van der Waals surface area contributed by atoms with Gasteiger partial charge in [-0.25, -0.2) is 9.97 Å². The van der Waals surface area contributed by atoms with Crippen LogP contribution in [0.15, 0.2) is 4.47 Å². The second kappa shape index (κ2) is 4.53. The zero-order valence-corrected chi connectivity index (χ0v) is 11.1. The minimum atomic E-state index is -0.0897. The maximum atomic E-state index is 5.91. The molecule has 15 heavy (non-hydrogen) atoms. The van der Waals surface area contributed by atoms with E-state index in [-0.39, 0.29) is 6.10 Å². The lowest BCUT2D eigenvalue weighted by atomic mass is 10.2. The Morgan fingerprint density at radius 3 is 2.27 bits per heavy atom. The average Bonchev–Trinajstić information content (AvgIpc) is 2.99. The van der Waals surface area contributed by atoms with Gasteiger partial charge < -0.3 is 4.74 Å². The van der Waals surface area contributed by atoms with Crippen molar-refractivity contribution in [3.05, 3.63) is 20.6 Å². The molecule has 1 aliphatic carbocycles. The number of aromatic nitrogens is 2. The third-order valence-corrected chi connectivity index (χ3v) is 4.10. The molecule has 0 spiro atoms. The molecule has 1 aromatic heterocycles. The Morgan fingerprint density at radius 2 is 1.87 bits per heavy atom. The number of hydrogen-bond acceptors (Lipinski definition) is 3. The van der Waals surface area contributed by atoms with Gasteiger partial charge in [-0.15, -0.1) is 0 Å². The van der Waals surface area contributed by atoms with Crippen LogP contribution in [0.1, 0.15) is 24.8 Å². The number of rotatable bonds is 3. The molecule has 0 bridgehead atoms. The van der Waals surface area contributed by atoms with Gasteiger partial charge in [0.25, 0.3) is 0 Å². The fraction of sp³-hybridized carbons (Fsp3) is 0.556. The molecule has 0 N–H and O–H groups in total. The highest BCUT2D eigenvalue weighted by Crippen LogP contribution is 2.42. The Kier molecular flexibility index (Phi) is 3.50. The number of ether oxygens (including phenoxy) is 1. The molecule has 0 saturated heterocycles. The largest absolute Gasteiger partial charge is 0.373 e. The predicted octanol–water partition coefficient (Wildman–Crippen LogP) is 3.64. The van der Waals surface area contributed by atoms with Crippen LogP contribution in [0.5, 0.6) is 0 Å². The summed E-state index contributed by atoms with van der Waals surface area (Å²) in [5.74, 6) is 1.07. The van der Waals surface area contributed by atoms with E-state index in [1.54, 1.807) is 7.11 Å². The molecular formula is C9H9BrCl2N2O. The van der Waals surface area contributed by atoms with Crippen LogP contribution in [-0.2, 0) is 4.74 Å². The molecule has 1 heterocycles. The molecule has 2 rings (SSSR count). The Morgan fingerprint density at radius 1 is 1.33 bits per heavy atom. The van der Waals surface area contributed by atoms with Crippen molar-refractivity contribution >= 4 is 39.1 Å². The highest BCUT2D eigenvalue weighted by atomic mass is 79.9. The average molecular weight is 312 g/mol. The van der Waals surface area contributed by atoms with Crippen LogP contribution in [0.25, 0.3) is 0 Å². The second-order valence-corrected chi connectivity index (χ2v) is 4.98. The smallest absolute Gasteiger partial charge is 0.160 e. The summed E-state index contributed by atoms with van der Waals surface area (Å²) in [5, 5.41) is 0.653. The third kappa shape index (κ3) is 2.44. The van der Waals surface area contributed by atoms with Crippen molar-refractivity contribution in [1.29, 1.82) is 0 Å². The number of methoxy groups -OCH3 is 1. The summed E-state index contributed by atoms with van der Waals surface area (Å²) in [6.07, 6.45) is 2.20. The Bertz CT molecular complexity index is 361. The van der Waals surface area contributed by atoms with Crippen molar-refractivity contribution in [2.24, 2.45) is 5.92 Å². The Labute approximate surface area is 106 Å². The van der Waals surface area contributed by atoms with E-state index in [1.807, 2.05) is 0 Å². The van der Waals surface area contributed by atoms with Crippen molar-refractivity contribution < 1.29 is 4.74 Å². The minimum absolute atomic E-state index is 0.0897. The van der Waals surface area contributed by atoms with E-state index in [1.165, 1.54) is 0 Å². The highest BCUT2D eigenvalue weighted by Gasteiger charge is 2.35. The molecule has 1 saturated carbocycles. The van der Waals surface area contributed by atoms with Crippen molar-refractivity contribution in [2.45, 2.75) is 18.9 Å². The van der Waals surface area contributed by atoms with E-state index in [2.05, 4.69) is 25.9 Å². The first-order valence-corrected chi connectivity index (χ1v) is 6.09. The molecule has 0 aliphatic heterocycles. The second-order valence-electron chi connectivity index (χ2n) is 3.47. The zero-order valence-electron chi connectivity index (χ0n) is 8.01. The summed E-state index contributed by atoms with van der Waals surface area (Å²) in [4.78, 5) is 8.33. The topological polar surface area (TPSA) is 35.0 Å². The van der Waals surface area contributed by atoms with Crippen molar-refractivity contribution in [1.82, 2.24) is 9.97 Å². The first-order chi connectivity index (χ1) is 7.13. The quantitative estimate of drug-likeness (QED) is 0.799. The van der Waals surface area contributed by atoms with Gasteiger partial charge in [0.05, 0.1) is 4.47 Å². The molecule has 3 nitrogen and oxygen atoms in total. The molecule has 1 aromatic rings. The number of hydrogen-bond donors (Lipinski definition) is 0. The third-order valence-electron chi connectivity index (χ3n) is 2.35. The molecular weight excluding hydrogens is 303 g/mol. The van der Waals surface area contributed by atoms with Gasteiger partial charge in [0.1, 0.15) is 16.4 Å². The number of halogens is 3. The fourth-order valence-electron chi connectivity index (χ4n) is 1.44. The summed E-state index contributed by atoms with van der Waals surface area (Å²) in [7, 11) is 1.65. The van der Waals surface area contributed by atoms with E-state index in [0.29, 0.717) is 26.5 Å². The van der Waals surface area contributed by atoms with Crippen LogP contribution >= 0.6 is 39.1 Å². The maximum Gasteiger partial charge on any atom is 0.160 e. The fourth-order valence-corrected chi connectivity index (χ4v) is 2.02. The predicted molar refractivity (Wildman–Crippen MR) is 62.2 cm³/mol. The molecule has 6 heteroatoms. The standard InChI is InChI=1S/C9H9BrCl2N2O/c1-15-6(4-2-3-4)9-13-7(11)5(10)8(12)14-9/h4,6H,2-3H2,1H3. The summed E-state index contributed by atoms with van der Waals surface area (Å²) >= 11 is 15.0. The van der Waals surface area contributed by atoms with E-state index < -0.39 is 0 Å². The van der Waals surface area contributed by atoms with Crippen LogP contribution < -0.4 is 0 Å². The summed E-state index contributed by atoms with van der Waals surface area (Å²) in [6, 6.07) is 0. The maximum absolute atomic E-state index is 5.91. The van der Waals surface area contributed by atoms with Gasteiger partial charge in [-0.1, -0.05) is 23.2 Å². The molecule has 1 atom stereocenters. The highest BCUT2D eigenvalue weighted by molar-refractivity contribution is 9.10. The van der Waals surface area contributed by atoms with Crippen LogP contribution in [0.4, 0.5) is 0 Å². The lowest BCUT2D eigenvalue weighted by Gasteiger charge is -2.13. The first-order valence-electron chi connectivity index (χ1n) is 4.54. The van der Waals surface area contributed by atoms with Gasteiger partial charge in [-0.3, -0.25) is 0 Å². The SMILES string of the molecule is COC(c1nc(Cl)c(Br)c(Cl)n1)C1CC1. The molecule has 1 unspecified atom stereocenters. The van der Waals surface area contributed by atoms with Crippen molar-refractivity contribution in [2.75, 3.05) is 7.11 Å². The van der Waals surface area contributed by atoms with Crippen LogP contribution in [-0.4, -0.2) is 17.1 Å². The van der Waals surface area contributed by atoms with Crippen LogP contribution in [0.3, 0.4) is 0 Å². The summed E-state index contributed by atoms with van der Waals surface area (Å²) < 4.78 is 5.88.